The van der Waals surface area contributed by atoms with Crippen LogP contribution in [-0.2, 0) is 11.3 Å². The zero-order valence-corrected chi connectivity index (χ0v) is 21.1. The van der Waals surface area contributed by atoms with Gasteiger partial charge in [-0.3, -0.25) is 9.47 Å². The quantitative estimate of drug-likeness (QED) is 0.381. The van der Waals surface area contributed by atoms with Gasteiger partial charge in [0.25, 0.3) is 6.43 Å². The first-order chi connectivity index (χ1) is 18.6. The molecule has 0 radical (unpaired) electrons. The smallest absolute Gasteiger partial charge is 0.296 e. The molecule has 10 heteroatoms. The number of alkyl halides is 2. The van der Waals surface area contributed by atoms with Crippen molar-refractivity contribution in [3.05, 3.63) is 72.1 Å². The van der Waals surface area contributed by atoms with Gasteiger partial charge >= 0.3 is 0 Å². The van der Waals surface area contributed by atoms with E-state index in [1.165, 1.54) is 10.1 Å². The number of aromatic nitrogens is 4. The number of hydrogen-bond acceptors (Lipinski definition) is 7. The van der Waals surface area contributed by atoms with Crippen molar-refractivity contribution in [2.24, 2.45) is 0 Å². The molecule has 6 rings (SSSR count). The van der Waals surface area contributed by atoms with Crippen LogP contribution in [0.25, 0.3) is 16.9 Å². The molecule has 2 fully saturated rings. The minimum Gasteiger partial charge on any atom is -0.378 e. The number of imidazole rings is 1. The van der Waals surface area contributed by atoms with Gasteiger partial charge in [0.2, 0.25) is 5.95 Å². The summed E-state index contributed by atoms with van der Waals surface area (Å²) in [6.07, 6.45) is -0.699. The second-order valence-electron chi connectivity index (χ2n) is 9.81. The molecule has 0 spiro atoms. The standard InChI is InChI=1S/C28H31F2N7O/c29-26(30)27-32-22-10-4-5-11-23(22)37(27)25-17-24(36-13-15-38-16-14-36)33-28(34-25)31-21-9-6-12-35(19-21)18-20-7-2-1-3-8-20/h1-5,7-8,10-11,17,21,26H,6,9,12-16,18-19H2,(H,31,33,34)/t21-/m0/s1. The van der Waals surface area contributed by atoms with E-state index in [2.05, 4.69) is 44.4 Å². The molecule has 2 aromatic heterocycles. The van der Waals surface area contributed by atoms with Crippen LogP contribution in [0.5, 0.6) is 0 Å². The molecule has 0 bridgehead atoms. The van der Waals surface area contributed by atoms with Gasteiger partial charge in [-0.2, -0.15) is 9.97 Å². The number of hydrogen-bond donors (Lipinski definition) is 1. The highest BCUT2D eigenvalue weighted by Crippen LogP contribution is 2.29. The van der Waals surface area contributed by atoms with Crippen molar-refractivity contribution < 1.29 is 13.5 Å². The lowest BCUT2D eigenvalue weighted by atomic mass is 10.0. The van der Waals surface area contributed by atoms with Crippen molar-refractivity contribution in [1.82, 2.24) is 24.4 Å². The molecule has 2 saturated heterocycles. The molecule has 2 aromatic carbocycles. The predicted octanol–water partition coefficient (Wildman–Crippen LogP) is 4.67. The maximum Gasteiger partial charge on any atom is 0.296 e. The Balaban J connectivity index is 1.33. The second-order valence-corrected chi connectivity index (χ2v) is 9.81. The zero-order chi connectivity index (χ0) is 25.9. The van der Waals surface area contributed by atoms with Crippen LogP contribution in [0, 0.1) is 0 Å². The second kappa shape index (κ2) is 11.0. The number of para-hydroxylation sites is 2. The number of rotatable bonds is 7. The van der Waals surface area contributed by atoms with Gasteiger partial charge in [0.15, 0.2) is 5.82 Å². The molecule has 4 aromatic rings. The highest BCUT2D eigenvalue weighted by atomic mass is 19.3. The largest absolute Gasteiger partial charge is 0.378 e. The van der Waals surface area contributed by atoms with Gasteiger partial charge in [-0.1, -0.05) is 42.5 Å². The summed E-state index contributed by atoms with van der Waals surface area (Å²) in [6, 6.07) is 19.5. The molecule has 4 heterocycles. The number of ether oxygens (including phenoxy) is 1. The van der Waals surface area contributed by atoms with Crippen molar-refractivity contribution in [3.8, 4) is 5.82 Å². The minimum absolute atomic E-state index is 0.148. The predicted molar refractivity (Wildman–Crippen MR) is 143 cm³/mol. The first kappa shape index (κ1) is 24.7. The molecule has 198 valence electrons. The Morgan fingerprint density at radius 3 is 2.50 bits per heavy atom. The van der Waals surface area contributed by atoms with E-state index >= 15 is 0 Å². The maximum absolute atomic E-state index is 14.1. The van der Waals surface area contributed by atoms with Crippen LogP contribution in [0.3, 0.4) is 0 Å². The first-order valence-corrected chi connectivity index (χ1v) is 13.1. The van der Waals surface area contributed by atoms with Gasteiger partial charge in [0, 0.05) is 38.3 Å². The zero-order valence-electron chi connectivity index (χ0n) is 21.1. The summed E-state index contributed by atoms with van der Waals surface area (Å²) in [5.74, 6) is 1.18. The summed E-state index contributed by atoms with van der Waals surface area (Å²) in [5.41, 5.74) is 2.38. The van der Waals surface area contributed by atoms with Crippen molar-refractivity contribution in [3.63, 3.8) is 0 Å². The number of likely N-dealkylation sites (tertiary alicyclic amines) is 1. The van der Waals surface area contributed by atoms with Crippen LogP contribution in [-0.4, -0.2) is 69.9 Å². The maximum atomic E-state index is 14.1. The average Bonchev–Trinajstić information content (AvgIpc) is 3.34. The van der Waals surface area contributed by atoms with Crippen LogP contribution in [0.15, 0.2) is 60.7 Å². The van der Waals surface area contributed by atoms with Crippen LogP contribution in [0.4, 0.5) is 20.5 Å². The number of morpholine rings is 1. The summed E-state index contributed by atoms with van der Waals surface area (Å²) in [7, 11) is 0. The van der Waals surface area contributed by atoms with E-state index in [1.807, 2.05) is 12.1 Å². The minimum atomic E-state index is -2.74. The number of anilines is 2. The van der Waals surface area contributed by atoms with E-state index in [1.54, 1.807) is 24.3 Å². The van der Waals surface area contributed by atoms with Gasteiger partial charge in [-0.05, 0) is 37.1 Å². The molecule has 0 amide bonds. The van der Waals surface area contributed by atoms with Crippen LogP contribution < -0.4 is 10.2 Å². The Bertz CT molecular complexity index is 1370. The lowest BCUT2D eigenvalue weighted by Gasteiger charge is -2.33. The van der Waals surface area contributed by atoms with Crippen molar-refractivity contribution in [1.29, 1.82) is 0 Å². The fourth-order valence-corrected chi connectivity index (χ4v) is 5.33. The third-order valence-electron chi connectivity index (χ3n) is 7.13. The summed E-state index contributed by atoms with van der Waals surface area (Å²) in [6.45, 7) is 5.31. The van der Waals surface area contributed by atoms with Crippen molar-refractivity contribution >= 4 is 22.8 Å². The molecule has 2 aliphatic rings. The summed E-state index contributed by atoms with van der Waals surface area (Å²) < 4.78 is 35.2. The van der Waals surface area contributed by atoms with E-state index < -0.39 is 6.43 Å². The van der Waals surface area contributed by atoms with Gasteiger partial charge in [0.05, 0.1) is 24.2 Å². The lowest BCUT2D eigenvalue weighted by molar-refractivity contribution is 0.122. The number of nitrogens with zero attached hydrogens (tertiary/aromatic N) is 6. The molecule has 1 atom stereocenters. The van der Waals surface area contributed by atoms with Gasteiger partial charge in [-0.25, -0.2) is 13.8 Å². The Labute approximate surface area is 220 Å². The normalized spacial score (nSPS) is 18.8. The van der Waals surface area contributed by atoms with E-state index in [4.69, 9.17) is 14.7 Å². The van der Waals surface area contributed by atoms with Gasteiger partial charge in [-0.15, -0.1) is 0 Å². The molecule has 0 aliphatic carbocycles. The third kappa shape index (κ3) is 5.32. The van der Waals surface area contributed by atoms with Crippen molar-refractivity contribution in [2.45, 2.75) is 31.9 Å². The molecule has 8 nitrogen and oxygen atoms in total. The number of benzene rings is 2. The number of fused-ring (bicyclic) bond motifs is 1. The van der Waals surface area contributed by atoms with Gasteiger partial charge < -0.3 is 15.0 Å². The number of nitrogens with one attached hydrogen (secondary N) is 1. The summed E-state index contributed by atoms with van der Waals surface area (Å²) in [4.78, 5) is 18.4. The number of piperidine rings is 1. The van der Waals surface area contributed by atoms with Gasteiger partial charge in [0.1, 0.15) is 11.6 Å². The molecular weight excluding hydrogens is 488 g/mol. The highest BCUT2D eigenvalue weighted by molar-refractivity contribution is 5.78. The van der Waals surface area contributed by atoms with E-state index in [0.717, 1.165) is 32.5 Å². The molecule has 2 aliphatic heterocycles. The molecule has 0 unspecified atom stereocenters. The molecule has 38 heavy (non-hydrogen) atoms. The third-order valence-corrected chi connectivity index (χ3v) is 7.13. The van der Waals surface area contributed by atoms with E-state index in [9.17, 15) is 8.78 Å². The van der Waals surface area contributed by atoms with Crippen LogP contribution >= 0.6 is 0 Å². The summed E-state index contributed by atoms with van der Waals surface area (Å²) in [5, 5.41) is 3.53. The van der Waals surface area contributed by atoms with Crippen LogP contribution in [0.2, 0.25) is 0 Å². The number of halogens is 2. The van der Waals surface area contributed by atoms with E-state index in [0.29, 0.717) is 54.9 Å². The van der Waals surface area contributed by atoms with Crippen molar-refractivity contribution in [2.75, 3.05) is 49.6 Å². The van der Waals surface area contributed by atoms with E-state index in [-0.39, 0.29) is 11.9 Å². The molecule has 0 saturated carbocycles. The van der Waals surface area contributed by atoms with Crippen LogP contribution in [0.1, 0.15) is 30.7 Å². The monoisotopic (exact) mass is 519 g/mol. The Morgan fingerprint density at radius 1 is 0.921 bits per heavy atom. The average molecular weight is 520 g/mol. The fourth-order valence-electron chi connectivity index (χ4n) is 5.33. The Kier molecular flexibility index (Phi) is 7.15. The lowest BCUT2D eigenvalue weighted by Crippen LogP contribution is -2.42. The highest BCUT2D eigenvalue weighted by Gasteiger charge is 2.25. The molecule has 1 N–H and O–H groups in total. The fraction of sp³-hybridized carbons (Fsp3) is 0.393. The molecular formula is C28H31F2N7O. The summed E-state index contributed by atoms with van der Waals surface area (Å²) >= 11 is 0. The Morgan fingerprint density at radius 2 is 1.68 bits per heavy atom. The SMILES string of the molecule is FC(F)c1nc2ccccc2n1-c1cc(N2CCOCC2)nc(N[C@H]2CCCN(Cc3ccccc3)C2)n1. The Hall–Kier alpha value is -3.63. The topological polar surface area (TPSA) is 71.3 Å². The first-order valence-electron chi connectivity index (χ1n) is 13.1.